The highest BCUT2D eigenvalue weighted by atomic mass is 35.5. The molecule has 3 aliphatic rings. The van der Waals surface area contributed by atoms with Gasteiger partial charge < -0.3 is 0 Å². The van der Waals surface area contributed by atoms with Gasteiger partial charge in [0.1, 0.15) is 4.90 Å². The average Bonchev–Trinajstić information content (AvgIpc) is 2.78. The average molecular weight is 513 g/mol. The standard InChI is InChI=1S/C23H26ClFN2O4S2/c24-19-13-18-21(14-22(19)33(26,30)31)32(28,29)20-12-16(15-6-10-27(25)11-7-15)4-5-17(20)23(18)8-2-1-3-9-23/h4-5,12-15H,1-3,6-11H2,(H2,26,30,31). The Morgan fingerprint density at radius 2 is 1.64 bits per heavy atom. The molecule has 2 N–H and O–H groups in total. The molecule has 1 aliphatic carbocycles. The first-order valence-electron chi connectivity index (χ1n) is 11.2. The molecule has 178 valence electrons. The molecular weight excluding hydrogens is 487 g/mol. The summed E-state index contributed by atoms with van der Waals surface area (Å²) < 4.78 is 65.4. The number of halogens is 2. The first-order valence-corrected chi connectivity index (χ1v) is 14.6. The minimum absolute atomic E-state index is 0.0268. The number of hydrogen-bond donors (Lipinski definition) is 1. The Labute approximate surface area is 198 Å². The van der Waals surface area contributed by atoms with Crippen molar-refractivity contribution < 1.29 is 21.3 Å². The Kier molecular flexibility index (Phi) is 5.64. The second-order valence-corrected chi connectivity index (χ2v) is 13.2. The largest absolute Gasteiger partial charge is 0.239 e. The topological polar surface area (TPSA) is 97.5 Å². The number of rotatable bonds is 2. The number of nitrogens with two attached hydrogens (primary N) is 1. The molecule has 0 atom stereocenters. The third kappa shape index (κ3) is 3.72. The van der Waals surface area contributed by atoms with E-state index in [1.165, 1.54) is 6.07 Å². The first-order chi connectivity index (χ1) is 15.5. The van der Waals surface area contributed by atoms with Crippen molar-refractivity contribution in [3.8, 4) is 0 Å². The van der Waals surface area contributed by atoms with Gasteiger partial charge in [-0.15, -0.1) is 9.60 Å². The fourth-order valence-electron chi connectivity index (χ4n) is 5.90. The lowest BCUT2D eigenvalue weighted by atomic mass is 9.65. The van der Waals surface area contributed by atoms with Crippen LogP contribution in [0.4, 0.5) is 4.48 Å². The molecule has 33 heavy (non-hydrogen) atoms. The van der Waals surface area contributed by atoms with Crippen molar-refractivity contribution in [2.75, 3.05) is 13.1 Å². The SMILES string of the molecule is NS(=O)(=O)c1cc2c(cc1Cl)C1(CCCCC1)c1ccc(C3CCN(F)CC3)cc1S2(=O)=O. The van der Waals surface area contributed by atoms with Gasteiger partial charge in [-0.1, -0.05) is 43.0 Å². The van der Waals surface area contributed by atoms with Gasteiger partial charge in [-0.25, -0.2) is 22.0 Å². The molecule has 2 fully saturated rings. The zero-order valence-corrected chi connectivity index (χ0v) is 20.4. The number of hydrogen-bond acceptors (Lipinski definition) is 5. The summed E-state index contributed by atoms with van der Waals surface area (Å²) in [4.78, 5) is -0.187. The van der Waals surface area contributed by atoms with Gasteiger partial charge >= 0.3 is 0 Å². The molecule has 2 aliphatic heterocycles. The fourth-order valence-corrected chi connectivity index (χ4v) is 8.97. The van der Waals surface area contributed by atoms with Crippen LogP contribution in [0, 0.1) is 0 Å². The fraction of sp³-hybridized carbons (Fsp3) is 0.478. The second kappa shape index (κ2) is 8.02. The van der Waals surface area contributed by atoms with Crippen LogP contribution in [0.25, 0.3) is 0 Å². The van der Waals surface area contributed by atoms with E-state index in [-0.39, 0.29) is 25.6 Å². The van der Waals surface area contributed by atoms with E-state index in [2.05, 4.69) is 0 Å². The predicted molar refractivity (Wildman–Crippen MR) is 123 cm³/mol. The van der Waals surface area contributed by atoms with E-state index in [1.807, 2.05) is 12.1 Å². The molecule has 0 unspecified atom stereocenters. The van der Waals surface area contributed by atoms with Crippen LogP contribution in [0.5, 0.6) is 0 Å². The minimum atomic E-state index is -4.20. The summed E-state index contributed by atoms with van der Waals surface area (Å²) in [7, 11) is -8.22. The highest BCUT2D eigenvalue weighted by Crippen LogP contribution is 2.54. The third-order valence-corrected chi connectivity index (χ3v) is 10.8. The number of piperidine rings is 1. The summed E-state index contributed by atoms with van der Waals surface area (Å²) in [6.45, 7) is 0.634. The van der Waals surface area contributed by atoms with E-state index >= 15 is 0 Å². The normalized spacial score (nSPS) is 22.6. The highest BCUT2D eigenvalue weighted by Gasteiger charge is 2.47. The van der Waals surface area contributed by atoms with Crippen molar-refractivity contribution in [1.82, 2.24) is 5.12 Å². The summed E-state index contributed by atoms with van der Waals surface area (Å²) in [5, 5.41) is 6.06. The van der Waals surface area contributed by atoms with Crippen molar-refractivity contribution in [2.24, 2.45) is 5.14 Å². The van der Waals surface area contributed by atoms with Gasteiger partial charge in [-0.2, -0.15) is 0 Å². The van der Waals surface area contributed by atoms with Crippen LogP contribution in [0.2, 0.25) is 5.02 Å². The summed E-state index contributed by atoms with van der Waals surface area (Å²) in [5.74, 6) is 0.0754. The van der Waals surface area contributed by atoms with Crippen molar-refractivity contribution in [3.63, 3.8) is 0 Å². The lowest BCUT2D eigenvalue weighted by Gasteiger charge is -2.43. The van der Waals surface area contributed by atoms with Crippen LogP contribution in [0.15, 0.2) is 45.0 Å². The monoisotopic (exact) mass is 512 g/mol. The Balaban J connectivity index is 1.75. The molecular formula is C23H26ClFN2O4S2. The van der Waals surface area contributed by atoms with Gasteiger partial charge in [0.2, 0.25) is 19.9 Å². The maximum Gasteiger partial charge on any atom is 0.239 e. The predicted octanol–water partition coefficient (Wildman–Crippen LogP) is 4.45. The molecule has 2 aromatic carbocycles. The van der Waals surface area contributed by atoms with Crippen LogP contribution in [-0.2, 0) is 25.3 Å². The van der Waals surface area contributed by atoms with E-state index < -0.39 is 25.3 Å². The van der Waals surface area contributed by atoms with Gasteiger partial charge in [-0.05, 0) is 66.5 Å². The van der Waals surface area contributed by atoms with E-state index in [0.717, 1.165) is 54.4 Å². The van der Waals surface area contributed by atoms with Crippen LogP contribution < -0.4 is 5.14 Å². The maximum absolute atomic E-state index is 13.9. The number of primary sulfonamides is 1. The van der Waals surface area contributed by atoms with E-state index in [4.69, 9.17) is 16.7 Å². The molecule has 0 bridgehead atoms. The third-order valence-electron chi connectivity index (χ3n) is 7.58. The number of benzene rings is 2. The van der Waals surface area contributed by atoms with Crippen LogP contribution in [0.3, 0.4) is 0 Å². The molecule has 2 heterocycles. The quantitative estimate of drug-likeness (QED) is 0.599. The lowest BCUT2D eigenvalue weighted by Crippen LogP contribution is -2.37. The van der Waals surface area contributed by atoms with Gasteiger partial charge in [0.15, 0.2) is 0 Å². The zero-order chi connectivity index (χ0) is 23.6. The van der Waals surface area contributed by atoms with Gasteiger partial charge in [0, 0.05) is 18.5 Å². The Bertz CT molecular complexity index is 1330. The molecule has 0 amide bonds. The van der Waals surface area contributed by atoms with Gasteiger partial charge in [0.05, 0.1) is 14.8 Å². The molecule has 2 aromatic rings. The van der Waals surface area contributed by atoms with Gasteiger partial charge in [-0.3, -0.25) is 0 Å². The number of fused-ring (bicyclic) bond motifs is 4. The Morgan fingerprint density at radius 3 is 2.27 bits per heavy atom. The van der Waals surface area contributed by atoms with Crippen molar-refractivity contribution in [2.45, 2.75) is 71.0 Å². The van der Waals surface area contributed by atoms with Crippen LogP contribution in [0.1, 0.15) is 67.6 Å². The smallest absolute Gasteiger partial charge is 0.225 e. The van der Waals surface area contributed by atoms with Gasteiger partial charge in [0.25, 0.3) is 0 Å². The van der Waals surface area contributed by atoms with Crippen molar-refractivity contribution in [1.29, 1.82) is 0 Å². The van der Waals surface area contributed by atoms with E-state index in [0.29, 0.717) is 31.5 Å². The molecule has 0 aromatic heterocycles. The number of sulfonamides is 1. The zero-order valence-electron chi connectivity index (χ0n) is 18.1. The van der Waals surface area contributed by atoms with Crippen molar-refractivity contribution >= 4 is 31.5 Å². The first kappa shape index (κ1) is 23.2. The van der Waals surface area contributed by atoms with E-state index in [9.17, 15) is 21.3 Å². The van der Waals surface area contributed by atoms with Crippen LogP contribution in [-0.4, -0.2) is 35.0 Å². The molecule has 5 rings (SSSR count). The summed E-state index contributed by atoms with van der Waals surface area (Å²) in [6, 6.07) is 8.26. The number of sulfone groups is 1. The molecule has 6 nitrogen and oxygen atoms in total. The molecule has 1 spiro atoms. The summed E-state index contributed by atoms with van der Waals surface area (Å²) >= 11 is 6.32. The van der Waals surface area contributed by atoms with Crippen LogP contribution >= 0.6 is 11.6 Å². The summed E-state index contributed by atoms with van der Waals surface area (Å²) in [5.41, 5.74) is 1.64. The number of nitrogens with zero attached hydrogens (tertiary/aromatic N) is 1. The minimum Gasteiger partial charge on any atom is -0.225 e. The Morgan fingerprint density at radius 1 is 1.00 bits per heavy atom. The Hall–Kier alpha value is -1.52. The van der Waals surface area contributed by atoms with Crippen molar-refractivity contribution in [3.05, 3.63) is 52.0 Å². The second-order valence-electron chi connectivity index (χ2n) is 9.41. The van der Waals surface area contributed by atoms with E-state index in [1.54, 1.807) is 6.07 Å². The maximum atomic E-state index is 13.9. The summed E-state index contributed by atoms with van der Waals surface area (Å²) in [6.07, 6.45) is 5.67. The molecule has 0 radical (unpaired) electrons. The highest BCUT2D eigenvalue weighted by molar-refractivity contribution is 7.92. The molecule has 1 saturated heterocycles. The molecule has 1 saturated carbocycles. The lowest BCUT2D eigenvalue weighted by molar-refractivity contribution is 0.000706. The molecule has 10 heteroatoms.